The van der Waals surface area contributed by atoms with Gasteiger partial charge in [0.25, 0.3) is 5.91 Å². The van der Waals surface area contributed by atoms with Gasteiger partial charge in [0.2, 0.25) is 0 Å². The van der Waals surface area contributed by atoms with Crippen LogP contribution in [0, 0.1) is 5.92 Å². The summed E-state index contributed by atoms with van der Waals surface area (Å²) in [6.45, 7) is 3.46. The van der Waals surface area contributed by atoms with Crippen LogP contribution in [0.3, 0.4) is 0 Å². The zero-order chi connectivity index (χ0) is 17.8. The highest BCUT2D eigenvalue weighted by atomic mass is 16.5. The lowest BCUT2D eigenvalue weighted by Crippen LogP contribution is -2.41. The van der Waals surface area contributed by atoms with Crippen molar-refractivity contribution in [3.63, 3.8) is 0 Å². The topological polar surface area (TPSA) is 81.8 Å². The molecule has 134 valence electrons. The van der Waals surface area contributed by atoms with E-state index in [1.165, 1.54) is 4.57 Å². The quantitative estimate of drug-likeness (QED) is 0.771. The van der Waals surface area contributed by atoms with Gasteiger partial charge in [0.05, 0.1) is 11.9 Å². The number of rotatable bonds is 5. The number of hydrogen-bond donors (Lipinski definition) is 0. The molecular formula is C18H22N2O5. The summed E-state index contributed by atoms with van der Waals surface area (Å²) in [7, 11) is 0. The highest BCUT2D eigenvalue weighted by molar-refractivity contribution is 5.80. The Bertz CT molecular complexity index is 822. The molecule has 0 radical (unpaired) electrons. The number of amides is 1. The van der Waals surface area contributed by atoms with Gasteiger partial charge in [0, 0.05) is 19.6 Å². The van der Waals surface area contributed by atoms with Gasteiger partial charge in [-0.1, -0.05) is 19.1 Å². The molecule has 0 N–H and O–H groups in total. The summed E-state index contributed by atoms with van der Waals surface area (Å²) in [6, 6.07) is 7.03. The lowest BCUT2D eigenvalue weighted by molar-refractivity contribution is -0.152. The average molecular weight is 346 g/mol. The molecule has 7 nitrogen and oxygen atoms in total. The van der Waals surface area contributed by atoms with Crippen molar-refractivity contribution in [3.05, 3.63) is 34.8 Å². The third-order valence-electron chi connectivity index (χ3n) is 4.48. The first-order chi connectivity index (χ1) is 12.0. The lowest BCUT2D eigenvalue weighted by Gasteiger charge is -2.30. The Labute approximate surface area is 145 Å². The molecule has 0 spiro atoms. The van der Waals surface area contributed by atoms with Gasteiger partial charge in [-0.2, -0.15) is 0 Å². The number of piperidine rings is 1. The maximum absolute atomic E-state index is 12.1. The Hall–Kier alpha value is -2.57. The van der Waals surface area contributed by atoms with Gasteiger partial charge >= 0.3 is 11.7 Å². The van der Waals surface area contributed by atoms with Crippen molar-refractivity contribution in [1.82, 2.24) is 9.47 Å². The van der Waals surface area contributed by atoms with Crippen LogP contribution in [0.25, 0.3) is 11.1 Å². The summed E-state index contributed by atoms with van der Waals surface area (Å²) < 4.78 is 11.6. The van der Waals surface area contributed by atoms with Crippen molar-refractivity contribution in [1.29, 1.82) is 0 Å². The second-order valence-electron chi connectivity index (χ2n) is 6.49. The summed E-state index contributed by atoms with van der Waals surface area (Å²) in [5.41, 5.74) is 1.12. The summed E-state index contributed by atoms with van der Waals surface area (Å²) in [4.78, 5) is 37.6. The fourth-order valence-electron chi connectivity index (χ4n) is 3.15. The second-order valence-corrected chi connectivity index (χ2v) is 6.49. The highest BCUT2D eigenvalue weighted by Crippen LogP contribution is 2.15. The third-order valence-corrected chi connectivity index (χ3v) is 4.48. The molecule has 1 aliphatic rings. The number of oxazole rings is 1. The molecule has 1 saturated heterocycles. The van der Waals surface area contributed by atoms with Crippen molar-refractivity contribution in [3.8, 4) is 0 Å². The predicted molar refractivity (Wildman–Crippen MR) is 91.0 cm³/mol. The van der Waals surface area contributed by atoms with E-state index in [-0.39, 0.29) is 25.5 Å². The SMILES string of the molecule is C[C@H]1CCCN(C(=O)COC(=O)CCn2c(=O)oc3ccccc32)C1. The zero-order valence-corrected chi connectivity index (χ0v) is 14.3. The number of aromatic nitrogens is 1. The molecule has 2 heterocycles. The van der Waals surface area contributed by atoms with E-state index in [1.54, 1.807) is 29.2 Å². The molecule has 1 aromatic carbocycles. The first kappa shape index (κ1) is 17.3. The number of fused-ring (bicyclic) bond motifs is 1. The van der Waals surface area contributed by atoms with Crippen molar-refractivity contribution in [2.75, 3.05) is 19.7 Å². The van der Waals surface area contributed by atoms with E-state index in [1.807, 2.05) is 0 Å². The predicted octanol–water partition coefficient (Wildman–Crippen LogP) is 1.79. The minimum atomic E-state index is -0.507. The molecule has 1 amide bonds. The number of esters is 1. The van der Waals surface area contributed by atoms with Gasteiger partial charge in [-0.25, -0.2) is 4.79 Å². The van der Waals surface area contributed by atoms with Crippen molar-refractivity contribution < 1.29 is 18.7 Å². The van der Waals surface area contributed by atoms with Crippen molar-refractivity contribution >= 4 is 23.0 Å². The number of ether oxygens (including phenoxy) is 1. The second kappa shape index (κ2) is 7.55. The van der Waals surface area contributed by atoms with E-state index in [0.717, 1.165) is 19.4 Å². The van der Waals surface area contributed by atoms with Gasteiger partial charge in [-0.05, 0) is 30.9 Å². The zero-order valence-electron chi connectivity index (χ0n) is 14.3. The van der Waals surface area contributed by atoms with Crippen LogP contribution in [0.4, 0.5) is 0 Å². The average Bonchev–Trinajstić information content (AvgIpc) is 2.93. The minimum Gasteiger partial charge on any atom is -0.456 e. The number of hydrogen-bond acceptors (Lipinski definition) is 5. The van der Waals surface area contributed by atoms with Crippen LogP contribution in [0.2, 0.25) is 0 Å². The third kappa shape index (κ3) is 4.10. The van der Waals surface area contributed by atoms with Crippen LogP contribution in [-0.2, 0) is 20.9 Å². The molecule has 3 rings (SSSR count). The van der Waals surface area contributed by atoms with Crippen LogP contribution >= 0.6 is 0 Å². The number of benzene rings is 1. The Balaban J connectivity index is 1.50. The maximum atomic E-state index is 12.1. The van der Waals surface area contributed by atoms with Crippen molar-refractivity contribution in [2.24, 2.45) is 5.92 Å². The molecule has 1 fully saturated rings. The minimum absolute atomic E-state index is 0.00706. The summed E-state index contributed by atoms with van der Waals surface area (Å²) >= 11 is 0. The highest BCUT2D eigenvalue weighted by Gasteiger charge is 2.21. The molecule has 0 bridgehead atoms. The van der Waals surface area contributed by atoms with Crippen LogP contribution in [0.5, 0.6) is 0 Å². The van der Waals surface area contributed by atoms with Crippen LogP contribution in [0.1, 0.15) is 26.2 Å². The van der Waals surface area contributed by atoms with E-state index in [0.29, 0.717) is 23.6 Å². The van der Waals surface area contributed by atoms with Gasteiger partial charge in [0.1, 0.15) is 0 Å². The van der Waals surface area contributed by atoms with Gasteiger partial charge in [-0.15, -0.1) is 0 Å². The number of nitrogens with zero attached hydrogens (tertiary/aromatic N) is 2. The van der Waals surface area contributed by atoms with Crippen LogP contribution < -0.4 is 5.76 Å². The molecule has 0 unspecified atom stereocenters. The lowest BCUT2D eigenvalue weighted by atomic mass is 10.0. The number of carbonyl (C=O) groups is 2. The number of para-hydroxylation sites is 2. The van der Waals surface area contributed by atoms with Crippen LogP contribution in [0.15, 0.2) is 33.5 Å². The summed E-state index contributed by atoms with van der Waals surface area (Å²) in [5.74, 6) is -0.691. The molecule has 1 aromatic heterocycles. The summed E-state index contributed by atoms with van der Waals surface area (Å²) in [6.07, 6.45) is 2.11. The number of aryl methyl sites for hydroxylation is 1. The largest absolute Gasteiger partial charge is 0.456 e. The van der Waals surface area contributed by atoms with E-state index in [4.69, 9.17) is 9.15 Å². The van der Waals surface area contributed by atoms with Gasteiger partial charge < -0.3 is 14.1 Å². The fourth-order valence-corrected chi connectivity index (χ4v) is 3.15. The Morgan fingerprint density at radius 1 is 1.32 bits per heavy atom. The van der Waals surface area contributed by atoms with E-state index in [9.17, 15) is 14.4 Å². The maximum Gasteiger partial charge on any atom is 0.419 e. The Kier molecular flexibility index (Phi) is 5.21. The molecule has 0 saturated carbocycles. The molecule has 7 heteroatoms. The Morgan fingerprint density at radius 2 is 2.12 bits per heavy atom. The number of likely N-dealkylation sites (tertiary alicyclic amines) is 1. The summed E-state index contributed by atoms with van der Waals surface area (Å²) in [5, 5.41) is 0. The molecule has 1 atom stereocenters. The van der Waals surface area contributed by atoms with Crippen LogP contribution in [-0.4, -0.2) is 41.0 Å². The van der Waals surface area contributed by atoms with Gasteiger partial charge in [0.15, 0.2) is 12.2 Å². The van der Waals surface area contributed by atoms with E-state index >= 15 is 0 Å². The number of carbonyl (C=O) groups excluding carboxylic acids is 2. The monoisotopic (exact) mass is 346 g/mol. The molecule has 25 heavy (non-hydrogen) atoms. The Morgan fingerprint density at radius 3 is 2.92 bits per heavy atom. The smallest absolute Gasteiger partial charge is 0.419 e. The molecular weight excluding hydrogens is 324 g/mol. The normalized spacial score (nSPS) is 17.6. The first-order valence-corrected chi connectivity index (χ1v) is 8.56. The van der Waals surface area contributed by atoms with E-state index < -0.39 is 11.7 Å². The standard InChI is InChI=1S/C18H22N2O5/c1-13-5-4-9-19(11-13)16(21)12-24-17(22)8-10-20-14-6-2-3-7-15(14)25-18(20)23/h2-3,6-7,13H,4-5,8-12H2,1H3/t13-/m0/s1. The molecule has 2 aromatic rings. The van der Waals surface area contributed by atoms with Crippen molar-refractivity contribution in [2.45, 2.75) is 32.7 Å². The first-order valence-electron chi connectivity index (χ1n) is 8.56. The molecule has 1 aliphatic heterocycles. The van der Waals surface area contributed by atoms with E-state index in [2.05, 4.69) is 6.92 Å². The molecule has 0 aliphatic carbocycles. The van der Waals surface area contributed by atoms with Gasteiger partial charge in [-0.3, -0.25) is 14.2 Å². The fraction of sp³-hybridized carbons (Fsp3) is 0.500.